The number of aromatic nitrogens is 6. The molecule has 0 atom stereocenters. The first kappa shape index (κ1) is 12.7. The number of fused-ring (bicyclic) bond motifs is 5. The number of nitrogens with zero attached hydrogens (tertiary/aromatic N) is 5. The Balaban J connectivity index is 1.64. The van der Waals surface area contributed by atoms with Gasteiger partial charge in [0.1, 0.15) is 5.52 Å². The monoisotopic (exact) mass is 330 g/mol. The molecular weight excluding hydrogens is 320 g/mol. The molecule has 0 spiro atoms. The van der Waals surface area contributed by atoms with E-state index in [1.54, 1.807) is 4.52 Å². The molecule has 8 nitrogen and oxygen atoms in total. The highest BCUT2D eigenvalue weighted by Crippen LogP contribution is 2.35. The molecule has 0 amide bonds. The van der Waals surface area contributed by atoms with Gasteiger partial charge >= 0.3 is 0 Å². The zero-order valence-corrected chi connectivity index (χ0v) is 12.8. The zero-order valence-electron chi connectivity index (χ0n) is 12.8. The number of para-hydroxylation sites is 1. The smallest absolute Gasteiger partial charge is 0.274 e. The van der Waals surface area contributed by atoms with Crippen molar-refractivity contribution in [2.24, 2.45) is 0 Å². The molecule has 2 aromatic carbocycles. The summed E-state index contributed by atoms with van der Waals surface area (Å²) in [4.78, 5) is 7.81. The topological polar surface area (TPSA) is 90.2 Å². The van der Waals surface area contributed by atoms with E-state index in [1.807, 2.05) is 42.5 Å². The van der Waals surface area contributed by atoms with Crippen LogP contribution in [0, 0.1) is 0 Å². The molecule has 3 aromatic heterocycles. The van der Waals surface area contributed by atoms with Crippen molar-refractivity contribution in [2.45, 2.75) is 0 Å². The molecule has 8 heteroatoms. The van der Waals surface area contributed by atoms with Crippen molar-refractivity contribution in [2.75, 3.05) is 6.79 Å². The van der Waals surface area contributed by atoms with E-state index >= 15 is 0 Å². The summed E-state index contributed by atoms with van der Waals surface area (Å²) in [6.07, 6.45) is 0. The van der Waals surface area contributed by atoms with Gasteiger partial charge in [-0.2, -0.15) is 14.6 Å². The van der Waals surface area contributed by atoms with Gasteiger partial charge in [0, 0.05) is 16.5 Å². The number of hydrogen-bond acceptors (Lipinski definition) is 6. The highest BCUT2D eigenvalue weighted by atomic mass is 16.7. The van der Waals surface area contributed by atoms with Gasteiger partial charge in [-0.25, -0.2) is 0 Å². The lowest BCUT2D eigenvalue weighted by atomic mass is 10.2. The van der Waals surface area contributed by atoms with Gasteiger partial charge in [0.25, 0.3) is 5.78 Å². The second-order valence-corrected chi connectivity index (χ2v) is 5.78. The summed E-state index contributed by atoms with van der Waals surface area (Å²) in [5.41, 5.74) is 3.30. The molecule has 0 aliphatic carbocycles. The van der Waals surface area contributed by atoms with E-state index in [0.717, 1.165) is 27.7 Å². The second-order valence-electron chi connectivity index (χ2n) is 5.78. The average Bonchev–Trinajstić information content (AvgIpc) is 3.35. The van der Waals surface area contributed by atoms with Gasteiger partial charge in [0.15, 0.2) is 23.0 Å². The highest BCUT2D eigenvalue weighted by Gasteiger charge is 2.18. The molecular formula is C17H10N6O2. The molecule has 1 aliphatic rings. The number of aromatic amines is 1. The number of hydrogen-bond donors (Lipinski definition) is 1. The first-order valence-electron chi connectivity index (χ1n) is 7.77. The first-order valence-corrected chi connectivity index (χ1v) is 7.77. The Kier molecular flexibility index (Phi) is 2.26. The summed E-state index contributed by atoms with van der Waals surface area (Å²) in [7, 11) is 0. The molecule has 6 rings (SSSR count). The SMILES string of the molecule is c1ccc2c(c1)[nH]c1nc3nnc(-c4ccc5c(c4)OCO5)n3nc12. The summed E-state index contributed by atoms with van der Waals surface area (Å²) in [6, 6.07) is 13.6. The van der Waals surface area contributed by atoms with Gasteiger partial charge in [0.05, 0.1) is 0 Å². The lowest BCUT2D eigenvalue weighted by Crippen LogP contribution is -1.97. The molecule has 0 radical (unpaired) electrons. The minimum atomic E-state index is 0.231. The van der Waals surface area contributed by atoms with E-state index in [9.17, 15) is 0 Å². The third-order valence-corrected chi connectivity index (χ3v) is 4.33. The van der Waals surface area contributed by atoms with E-state index < -0.39 is 0 Å². The fraction of sp³-hybridized carbons (Fsp3) is 0.0588. The summed E-state index contributed by atoms with van der Waals surface area (Å²) >= 11 is 0. The lowest BCUT2D eigenvalue weighted by Gasteiger charge is -2.01. The van der Waals surface area contributed by atoms with Crippen LogP contribution in [0.15, 0.2) is 42.5 Å². The fourth-order valence-corrected chi connectivity index (χ4v) is 3.14. The van der Waals surface area contributed by atoms with Gasteiger partial charge in [-0.15, -0.1) is 10.2 Å². The quantitative estimate of drug-likeness (QED) is 0.508. The van der Waals surface area contributed by atoms with E-state index in [2.05, 4.69) is 20.2 Å². The first-order chi connectivity index (χ1) is 12.4. The fourth-order valence-electron chi connectivity index (χ4n) is 3.14. The Labute approximate surface area is 140 Å². The van der Waals surface area contributed by atoms with E-state index in [-0.39, 0.29) is 6.79 Å². The Hall–Kier alpha value is -3.68. The molecule has 0 fully saturated rings. The number of benzene rings is 2. The van der Waals surface area contributed by atoms with Gasteiger partial charge in [0.2, 0.25) is 6.79 Å². The predicted octanol–water partition coefficient (Wildman–Crippen LogP) is 2.55. The summed E-state index contributed by atoms with van der Waals surface area (Å²) in [6.45, 7) is 0.231. The second kappa shape index (κ2) is 4.44. The Morgan fingerprint density at radius 2 is 1.92 bits per heavy atom. The van der Waals surface area contributed by atoms with Crippen LogP contribution in [0.25, 0.3) is 39.2 Å². The number of rotatable bonds is 1. The summed E-state index contributed by atoms with van der Waals surface area (Å²) < 4.78 is 12.5. The zero-order chi connectivity index (χ0) is 16.4. The standard InChI is InChI=1S/C17H10N6O2/c1-2-4-11-10(3-1)14-15(18-11)19-17-21-20-16(23(17)22-14)9-5-6-12-13(7-9)25-8-24-12/h1-7H,8H2,(H,18,19,21). The molecule has 5 aromatic rings. The maximum atomic E-state index is 5.44. The van der Waals surface area contributed by atoms with Crippen LogP contribution < -0.4 is 9.47 Å². The average molecular weight is 330 g/mol. The van der Waals surface area contributed by atoms with Crippen molar-refractivity contribution in [3.63, 3.8) is 0 Å². The number of H-pyrrole nitrogens is 1. The number of ether oxygens (including phenoxy) is 2. The van der Waals surface area contributed by atoms with Crippen LogP contribution in [0.3, 0.4) is 0 Å². The predicted molar refractivity (Wildman–Crippen MR) is 89.5 cm³/mol. The van der Waals surface area contributed by atoms with Crippen molar-refractivity contribution in [3.8, 4) is 22.9 Å². The normalized spacial score (nSPS) is 13.3. The van der Waals surface area contributed by atoms with Crippen LogP contribution in [0.1, 0.15) is 0 Å². The molecule has 1 N–H and O–H groups in total. The molecule has 0 saturated carbocycles. The van der Waals surface area contributed by atoms with E-state index in [0.29, 0.717) is 23.0 Å². The van der Waals surface area contributed by atoms with Crippen molar-refractivity contribution in [1.29, 1.82) is 0 Å². The van der Waals surface area contributed by atoms with Gasteiger partial charge in [-0.3, -0.25) is 0 Å². The molecule has 0 saturated heterocycles. The van der Waals surface area contributed by atoms with Crippen LogP contribution in [0.4, 0.5) is 0 Å². The van der Waals surface area contributed by atoms with Crippen LogP contribution in [0.2, 0.25) is 0 Å². The minimum absolute atomic E-state index is 0.231. The van der Waals surface area contributed by atoms with Gasteiger partial charge in [-0.05, 0) is 24.3 Å². The lowest BCUT2D eigenvalue weighted by molar-refractivity contribution is 0.174. The summed E-state index contributed by atoms with van der Waals surface area (Å²) in [5.74, 6) is 2.46. The van der Waals surface area contributed by atoms with Crippen LogP contribution in [-0.4, -0.2) is 36.6 Å². The van der Waals surface area contributed by atoms with Crippen LogP contribution in [-0.2, 0) is 0 Å². The highest BCUT2D eigenvalue weighted by molar-refractivity contribution is 6.03. The van der Waals surface area contributed by atoms with Crippen molar-refractivity contribution in [3.05, 3.63) is 42.5 Å². The van der Waals surface area contributed by atoms with Gasteiger partial charge < -0.3 is 14.5 Å². The molecule has 120 valence electrons. The molecule has 4 heterocycles. The van der Waals surface area contributed by atoms with Crippen LogP contribution in [0.5, 0.6) is 11.5 Å². The largest absolute Gasteiger partial charge is 0.454 e. The van der Waals surface area contributed by atoms with Crippen LogP contribution >= 0.6 is 0 Å². The Morgan fingerprint density at radius 3 is 2.92 bits per heavy atom. The molecule has 0 bridgehead atoms. The Bertz CT molecular complexity index is 1290. The van der Waals surface area contributed by atoms with Crippen molar-refractivity contribution < 1.29 is 9.47 Å². The number of nitrogens with one attached hydrogen (secondary N) is 1. The molecule has 1 aliphatic heterocycles. The molecule has 25 heavy (non-hydrogen) atoms. The summed E-state index contributed by atoms with van der Waals surface area (Å²) in [5, 5.41) is 14.1. The minimum Gasteiger partial charge on any atom is -0.454 e. The van der Waals surface area contributed by atoms with E-state index in [1.165, 1.54) is 0 Å². The third kappa shape index (κ3) is 1.70. The van der Waals surface area contributed by atoms with Crippen molar-refractivity contribution >= 4 is 27.8 Å². The van der Waals surface area contributed by atoms with Gasteiger partial charge in [-0.1, -0.05) is 18.2 Å². The van der Waals surface area contributed by atoms with E-state index in [4.69, 9.17) is 14.6 Å². The molecule has 0 unspecified atom stereocenters. The maximum Gasteiger partial charge on any atom is 0.274 e. The third-order valence-electron chi connectivity index (χ3n) is 4.33. The van der Waals surface area contributed by atoms with Crippen molar-refractivity contribution in [1.82, 2.24) is 29.8 Å². The Morgan fingerprint density at radius 1 is 1.00 bits per heavy atom. The maximum absolute atomic E-state index is 5.44.